The SMILES string of the molecule is C=CC(=O)OCOC1=CC=C(c2cc(N)c(C)c(C(=O)C3CC=CC=C3C=O)c2N)CC1. The smallest absolute Gasteiger partial charge is 0.333 e. The summed E-state index contributed by atoms with van der Waals surface area (Å²) in [7, 11) is 0. The molecule has 7 nitrogen and oxygen atoms in total. The number of carbonyl (C=O) groups is 3. The van der Waals surface area contributed by atoms with Crippen molar-refractivity contribution in [2.75, 3.05) is 18.3 Å². The molecule has 0 saturated carbocycles. The first-order valence-electron chi connectivity index (χ1n) is 10.2. The van der Waals surface area contributed by atoms with Crippen LogP contribution in [0.4, 0.5) is 11.4 Å². The lowest BCUT2D eigenvalue weighted by Crippen LogP contribution is -2.22. The summed E-state index contributed by atoms with van der Waals surface area (Å²) >= 11 is 0. The summed E-state index contributed by atoms with van der Waals surface area (Å²) in [6, 6.07) is 1.77. The van der Waals surface area contributed by atoms with Crippen molar-refractivity contribution >= 4 is 35.0 Å². The summed E-state index contributed by atoms with van der Waals surface area (Å²) in [5, 5.41) is 0. The Morgan fingerprint density at radius 2 is 2.00 bits per heavy atom. The Kier molecular flexibility index (Phi) is 7.10. The Balaban J connectivity index is 1.89. The van der Waals surface area contributed by atoms with Gasteiger partial charge in [-0.1, -0.05) is 30.9 Å². The van der Waals surface area contributed by atoms with Gasteiger partial charge in [-0.3, -0.25) is 9.59 Å². The van der Waals surface area contributed by atoms with Crippen molar-refractivity contribution in [3.63, 3.8) is 0 Å². The third-order valence-corrected chi connectivity index (χ3v) is 5.63. The third-order valence-electron chi connectivity index (χ3n) is 5.63. The number of rotatable bonds is 8. The van der Waals surface area contributed by atoms with E-state index in [9.17, 15) is 14.4 Å². The Morgan fingerprint density at radius 1 is 1.22 bits per heavy atom. The van der Waals surface area contributed by atoms with Crippen molar-refractivity contribution in [1.29, 1.82) is 0 Å². The maximum Gasteiger partial charge on any atom is 0.333 e. The monoisotopic (exact) mass is 434 g/mol. The highest BCUT2D eigenvalue weighted by Crippen LogP contribution is 2.38. The number of benzene rings is 1. The van der Waals surface area contributed by atoms with Gasteiger partial charge in [0.15, 0.2) is 5.78 Å². The van der Waals surface area contributed by atoms with E-state index in [0.717, 1.165) is 11.6 Å². The third kappa shape index (κ3) is 4.72. The van der Waals surface area contributed by atoms with E-state index in [1.807, 2.05) is 12.2 Å². The molecule has 4 N–H and O–H groups in total. The summed E-state index contributed by atoms with van der Waals surface area (Å²) in [5.74, 6) is -0.683. The van der Waals surface area contributed by atoms with Crippen LogP contribution in [0.3, 0.4) is 0 Å². The molecule has 0 radical (unpaired) electrons. The van der Waals surface area contributed by atoms with Gasteiger partial charge in [0.1, 0.15) is 12.0 Å². The van der Waals surface area contributed by atoms with E-state index in [4.69, 9.17) is 20.9 Å². The molecule has 0 spiro atoms. The zero-order valence-electron chi connectivity index (χ0n) is 17.9. The van der Waals surface area contributed by atoms with Crippen molar-refractivity contribution in [3.8, 4) is 0 Å². The van der Waals surface area contributed by atoms with Crippen molar-refractivity contribution in [2.45, 2.75) is 26.2 Å². The predicted octanol–water partition coefficient (Wildman–Crippen LogP) is 3.81. The molecule has 1 atom stereocenters. The Hall–Kier alpha value is -3.87. The highest BCUT2D eigenvalue weighted by Gasteiger charge is 2.29. The maximum atomic E-state index is 13.4. The van der Waals surface area contributed by atoms with Gasteiger partial charge in [-0.25, -0.2) is 4.79 Å². The van der Waals surface area contributed by atoms with Gasteiger partial charge < -0.3 is 20.9 Å². The van der Waals surface area contributed by atoms with Gasteiger partial charge in [0, 0.05) is 34.9 Å². The molecule has 2 aliphatic carbocycles. The summed E-state index contributed by atoms with van der Waals surface area (Å²) in [6.45, 7) is 4.89. The van der Waals surface area contributed by atoms with Crippen LogP contribution in [-0.4, -0.2) is 24.8 Å². The molecule has 2 aliphatic rings. The van der Waals surface area contributed by atoms with Crippen molar-refractivity contribution < 1.29 is 23.9 Å². The molecule has 0 aromatic heterocycles. The fraction of sp³-hybridized carbons (Fsp3) is 0.240. The lowest BCUT2D eigenvalue weighted by molar-refractivity contribution is -0.147. The predicted molar refractivity (Wildman–Crippen MR) is 123 cm³/mol. The van der Waals surface area contributed by atoms with Crippen LogP contribution in [0.5, 0.6) is 0 Å². The first kappa shape index (κ1) is 22.8. The van der Waals surface area contributed by atoms with Crippen LogP contribution in [0.1, 0.15) is 40.7 Å². The topological polar surface area (TPSA) is 122 Å². The lowest BCUT2D eigenvalue weighted by Gasteiger charge is -2.23. The summed E-state index contributed by atoms with van der Waals surface area (Å²) in [4.78, 5) is 35.9. The number of esters is 1. The van der Waals surface area contributed by atoms with Crippen LogP contribution < -0.4 is 11.5 Å². The van der Waals surface area contributed by atoms with Crippen LogP contribution >= 0.6 is 0 Å². The average Bonchev–Trinajstić information content (AvgIpc) is 2.81. The standard InChI is InChI=1S/C25H26N2O5/c1-3-22(29)32-14-31-18-10-8-16(9-11-18)20-12-21(26)15(2)23(24(20)27)25(30)19-7-5-4-6-17(19)13-28/h3-6,8,10,12-13,19H,1,7,9,11,14,26-27H2,2H3. The summed E-state index contributed by atoms with van der Waals surface area (Å²) in [6.07, 6.45) is 12.3. The molecule has 0 aliphatic heterocycles. The van der Waals surface area contributed by atoms with E-state index >= 15 is 0 Å². The molecule has 1 unspecified atom stereocenters. The van der Waals surface area contributed by atoms with E-state index in [2.05, 4.69) is 6.58 Å². The van der Waals surface area contributed by atoms with Crippen LogP contribution in [0.2, 0.25) is 0 Å². The second-order valence-corrected chi connectivity index (χ2v) is 7.55. The maximum absolute atomic E-state index is 13.4. The van der Waals surface area contributed by atoms with Crippen molar-refractivity contribution in [2.24, 2.45) is 5.92 Å². The van der Waals surface area contributed by atoms with Crippen LogP contribution in [0.15, 0.2) is 60.4 Å². The van der Waals surface area contributed by atoms with Gasteiger partial charge in [-0.2, -0.15) is 0 Å². The number of ether oxygens (including phenoxy) is 2. The van der Waals surface area contributed by atoms with Crippen LogP contribution in [-0.2, 0) is 19.1 Å². The van der Waals surface area contributed by atoms with E-state index in [1.165, 1.54) is 0 Å². The van der Waals surface area contributed by atoms with Crippen LogP contribution in [0.25, 0.3) is 5.57 Å². The Labute approximate surface area is 186 Å². The molecule has 7 heteroatoms. The number of allylic oxidation sites excluding steroid dienone is 8. The van der Waals surface area contributed by atoms with Gasteiger partial charge in [0.25, 0.3) is 0 Å². The highest BCUT2D eigenvalue weighted by molar-refractivity contribution is 6.10. The molecule has 0 amide bonds. The molecule has 0 heterocycles. The minimum atomic E-state index is -0.577. The number of anilines is 2. The number of nitrogens with two attached hydrogens (primary N) is 2. The fourth-order valence-electron chi connectivity index (χ4n) is 3.79. The number of aldehydes is 1. The molecule has 3 rings (SSSR count). The largest absolute Gasteiger partial charge is 0.462 e. The second-order valence-electron chi connectivity index (χ2n) is 7.55. The molecule has 0 fully saturated rings. The number of hydrogen-bond donors (Lipinski definition) is 2. The highest BCUT2D eigenvalue weighted by atomic mass is 16.7. The second kappa shape index (κ2) is 9.96. The average molecular weight is 434 g/mol. The number of nitrogen functional groups attached to an aromatic ring is 2. The number of Topliss-reactive ketones (excluding diaryl/α,β-unsaturated/α-hetero) is 1. The molecule has 0 bridgehead atoms. The normalized spacial score (nSPS) is 17.5. The first-order chi connectivity index (χ1) is 15.4. The molecule has 1 aromatic rings. The number of ketones is 1. The number of carbonyl (C=O) groups excluding carboxylic acids is 3. The van der Waals surface area contributed by atoms with Gasteiger partial charge in [-0.05, 0) is 43.0 Å². The van der Waals surface area contributed by atoms with Crippen molar-refractivity contribution in [1.82, 2.24) is 0 Å². The summed E-state index contributed by atoms with van der Waals surface area (Å²) in [5.41, 5.74) is 16.5. The van der Waals surface area contributed by atoms with E-state index in [-0.39, 0.29) is 12.6 Å². The molecular formula is C25H26N2O5. The first-order valence-corrected chi connectivity index (χ1v) is 10.2. The molecule has 166 valence electrons. The zero-order valence-corrected chi connectivity index (χ0v) is 17.9. The zero-order chi connectivity index (χ0) is 23.3. The minimum absolute atomic E-state index is 0.194. The van der Waals surface area contributed by atoms with E-state index in [1.54, 1.807) is 31.2 Å². The van der Waals surface area contributed by atoms with Gasteiger partial charge in [-0.15, -0.1) is 0 Å². The summed E-state index contributed by atoms with van der Waals surface area (Å²) < 4.78 is 10.3. The van der Waals surface area contributed by atoms with E-state index in [0.29, 0.717) is 64.9 Å². The molecule has 1 aromatic carbocycles. The lowest BCUT2D eigenvalue weighted by atomic mass is 9.81. The Morgan fingerprint density at radius 3 is 2.66 bits per heavy atom. The molecular weight excluding hydrogens is 408 g/mol. The Bertz CT molecular complexity index is 1090. The van der Waals surface area contributed by atoms with Gasteiger partial charge in [0.05, 0.1) is 11.6 Å². The molecule has 0 saturated heterocycles. The number of hydrogen-bond acceptors (Lipinski definition) is 7. The van der Waals surface area contributed by atoms with E-state index < -0.39 is 11.9 Å². The van der Waals surface area contributed by atoms with Crippen molar-refractivity contribution in [3.05, 3.63) is 77.1 Å². The minimum Gasteiger partial charge on any atom is -0.462 e. The van der Waals surface area contributed by atoms with Crippen LogP contribution in [0, 0.1) is 12.8 Å². The quantitative estimate of drug-likeness (QED) is 0.159. The van der Waals surface area contributed by atoms with Gasteiger partial charge in [0.2, 0.25) is 6.79 Å². The fourth-order valence-corrected chi connectivity index (χ4v) is 3.79. The molecule has 32 heavy (non-hydrogen) atoms. The van der Waals surface area contributed by atoms with Gasteiger partial charge >= 0.3 is 5.97 Å².